The Hall–Kier alpha value is -3.24. The third-order valence-corrected chi connectivity index (χ3v) is 6.67. The smallest absolute Gasteiger partial charge is 0.390 e. The highest BCUT2D eigenvalue weighted by Crippen LogP contribution is 2.36. The fourth-order valence-electron chi connectivity index (χ4n) is 4.84. The first-order chi connectivity index (χ1) is 16.6. The summed E-state index contributed by atoms with van der Waals surface area (Å²) < 4.78 is 44.3. The SMILES string of the molecule is COc1cc(C)c2[nH]ccc2c1CN1CCN(CCC(F)(F)F)C[C@@H]1c1ccc(C(=O)O)c(N)c1. The second-order valence-electron chi connectivity index (χ2n) is 8.94. The van der Waals surface area contributed by atoms with Gasteiger partial charge < -0.3 is 20.6 Å². The number of aromatic carboxylic acids is 1. The number of anilines is 1. The van der Waals surface area contributed by atoms with Crippen LogP contribution in [0.3, 0.4) is 0 Å². The van der Waals surface area contributed by atoms with Crippen LogP contribution in [0.2, 0.25) is 0 Å². The summed E-state index contributed by atoms with van der Waals surface area (Å²) in [6, 6.07) is 8.46. The Morgan fingerprint density at radius 1 is 1.26 bits per heavy atom. The number of piperazine rings is 1. The summed E-state index contributed by atoms with van der Waals surface area (Å²) in [7, 11) is 1.62. The summed E-state index contributed by atoms with van der Waals surface area (Å²) in [6.45, 7) is 3.81. The van der Waals surface area contributed by atoms with Crippen molar-refractivity contribution in [2.24, 2.45) is 0 Å². The summed E-state index contributed by atoms with van der Waals surface area (Å²) in [4.78, 5) is 18.7. The largest absolute Gasteiger partial charge is 0.496 e. The minimum absolute atomic E-state index is 0.000674. The molecule has 188 valence electrons. The molecule has 0 aliphatic carbocycles. The minimum Gasteiger partial charge on any atom is -0.496 e. The Labute approximate surface area is 201 Å². The lowest BCUT2D eigenvalue weighted by molar-refractivity contribution is -0.139. The van der Waals surface area contributed by atoms with Crippen molar-refractivity contribution in [3.8, 4) is 5.75 Å². The number of carbonyl (C=O) groups is 1. The molecule has 1 aromatic heterocycles. The average molecular weight is 491 g/mol. The molecule has 0 bridgehead atoms. The van der Waals surface area contributed by atoms with Crippen LogP contribution in [-0.4, -0.2) is 65.3 Å². The van der Waals surface area contributed by atoms with Crippen LogP contribution < -0.4 is 10.5 Å². The fraction of sp³-hybridized carbons (Fsp3) is 0.400. The van der Waals surface area contributed by atoms with Crippen molar-refractivity contribution in [2.45, 2.75) is 32.1 Å². The van der Waals surface area contributed by atoms with Crippen LogP contribution in [0.15, 0.2) is 36.5 Å². The van der Waals surface area contributed by atoms with Crippen LogP contribution in [0, 0.1) is 6.92 Å². The van der Waals surface area contributed by atoms with Crippen molar-refractivity contribution >= 4 is 22.6 Å². The van der Waals surface area contributed by atoms with E-state index in [1.165, 1.54) is 6.07 Å². The Bertz CT molecular complexity index is 1220. The van der Waals surface area contributed by atoms with Gasteiger partial charge in [0, 0.05) is 67.1 Å². The maximum atomic E-state index is 12.9. The molecule has 35 heavy (non-hydrogen) atoms. The Balaban J connectivity index is 1.68. The van der Waals surface area contributed by atoms with Gasteiger partial charge in [-0.2, -0.15) is 13.2 Å². The van der Waals surface area contributed by atoms with E-state index in [0.717, 1.165) is 33.3 Å². The molecule has 1 saturated heterocycles. The normalized spacial score (nSPS) is 17.7. The molecular weight excluding hydrogens is 461 g/mol. The zero-order chi connectivity index (χ0) is 25.3. The highest BCUT2D eigenvalue weighted by atomic mass is 19.4. The van der Waals surface area contributed by atoms with Gasteiger partial charge in [0.15, 0.2) is 0 Å². The van der Waals surface area contributed by atoms with E-state index in [2.05, 4.69) is 9.88 Å². The summed E-state index contributed by atoms with van der Waals surface area (Å²) in [5.74, 6) is -0.380. The number of nitrogen functional groups attached to an aromatic ring is 1. The molecule has 1 atom stereocenters. The topological polar surface area (TPSA) is 94.8 Å². The number of aromatic nitrogens is 1. The van der Waals surface area contributed by atoms with E-state index in [4.69, 9.17) is 10.5 Å². The Kier molecular flexibility index (Phi) is 6.95. The third kappa shape index (κ3) is 5.38. The standard InChI is InChI=1S/C25H29F3N4O3/c1-15-11-22(35-2)19(17-5-7-30-23(15)17)13-32-10-9-31(8-6-25(26,27)28)14-21(32)16-3-4-18(24(33)34)20(29)12-16/h3-5,7,11-12,21,30H,6,8-10,13-14,29H2,1-2H3,(H,33,34)/t21-/m1/s1. The van der Waals surface area contributed by atoms with Crippen LogP contribution in [0.4, 0.5) is 18.9 Å². The van der Waals surface area contributed by atoms with Crippen molar-refractivity contribution in [3.63, 3.8) is 0 Å². The molecule has 0 spiro atoms. The molecule has 2 heterocycles. The van der Waals surface area contributed by atoms with Gasteiger partial charge in [0.25, 0.3) is 0 Å². The zero-order valence-corrected chi connectivity index (χ0v) is 19.7. The number of aromatic amines is 1. The quantitative estimate of drug-likeness (QED) is 0.420. The number of halogens is 3. The van der Waals surface area contributed by atoms with E-state index < -0.39 is 18.6 Å². The molecule has 0 unspecified atom stereocenters. The van der Waals surface area contributed by atoms with Crippen LogP contribution in [-0.2, 0) is 6.54 Å². The van der Waals surface area contributed by atoms with Gasteiger partial charge >= 0.3 is 12.1 Å². The van der Waals surface area contributed by atoms with Crippen molar-refractivity contribution in [2.75, 3.05) is 39.0 Å². The third-order valence-electron chi connectivity index (χ3n) is 6.67. The molecule has 1 fully saturated rings. The predicted octanol–water partition coefficient (Wildman–Crippen LogP) is 4.58. The van der Waals surface area contributed by atoms with E-state index in [1.807, 2.05) is 25.3 Å². The molecule has 0 radical (unpaired) electrons. The molecule has 0 amide bonds. The molecule has 0 saturated carbocycles. The van der Waals surface area contributed by atoms with E-state index in [1.54, 1.807) is 24.1 Å². The highest BCUT2D eigenvalue weighted by molar-refractivity contribution is 5.93. The molecule has 3 aromatic rings. The van der Waals surface area contributed by atoms with Gasteiger partial charge in [0.1, 0.15) is 5.75 Å². The first kappa shape index (κ1) is 24.9. The second-order valence-corrected chi connectivity index (χ2v) is 8.94. The van der Waals surface area contributed by atoms with Crippen LogP contribution in [0.1, 0.15) is 39.5 Å². The molecule has 7 nitrogen and oxygen atoms in total. The molecule has 2 aromatic carbocycles. The molecule has 1 aliphatic heterocycles. The molecule has 4 rings (SSSR count). The summed E-state index contributed by atoms with van der Waals surface area (Å²) in [5.41, 5.74) is 9.95. The summed E-state index contributed by atoms with van der Waals surface area (Å²) in [5, 5.41) is 10.4. The maximum absolute atomic E-state index is 12.9. The van der Waals surface area contributed by atoms with Gasteiger partial charge in [-0.1, -0.05) is 6.07 Å². The Morgan fingerprint density at radius 3 is 2.69 bits per heavy atom. The van der Waals surface area contributed by atoms with Gasteiger partial charge in [-0.25, -0.2) is 4.79 Å². The molecule has 10 heteroatoms. The lowest BCUT2D eigenvalue weighted by atomic mass is 9.97. The number of methoxy groups -OCH3 is 1. The first-order valence-corrected chi connectivity index (χ1v) is 11.4. The number of nitrogens with one attached hydrogen (secondary N) is 1. The van der Waals surface area contributed by atoms with Gasteiger partial charge in [0.05, 0.1) is 19.1 Å². The number of benzene rings is 2. The van der Waals surface area contributed by atoms with Crippen LogP contribution in [0.25, 0.3) is 10.9 Å². The number of carboxylic acid groups (broad SMARTS) is 1. The number of fused-ring (bicyclic) bond motifs is 1. The lowest BCUT2D eigenvalue weighted by Crippen LogP contribution is -2.48. The first-order valence-electron chi connectivity index (χ1n) is 11.4. The van der Waals surface area contributed by atoms with Gasteiger partial charge in [-0.3, -0.25) is 9.80 Å². The minimum atomic E-state index is -4.23. The number of alkyl halides is 3. The number of H-pyrrole nitrogens is 1. The van der Waals surface area contributed by atoms with Crippen LogP contribution in [0.5, 0.6) is 5.75 Å². The summed E-state index contributed by atoms with van der Waals surface area (Å²) >= 11 is 0. The second kappa shape index (κ2) is 9.79. The van der Waals surface area contributed by atoms with Crippen molar-refractivity contribution in [1.29, 1.82) is 0 Å². The summed E-state index contributed by atoms with van der Waals surface area (Å²) in [6.07, 6.45) is -3.23. The van der Waals surface area contributed by atoms with E-state index in [9.17, 15) is 23.1 Å². The number of ether oxygens (including phenoxy) is 1. The number of hydrogen-bond acceptors (Lipinski definition) is 5. The lowest BCUT2D eigenvalue weighted by Gasteiger charge is -2.42. The van der Waals surface area contributed by atoms with Gasteiger partial charge in [0.2, 0.25) is 0 Å². The maximum Gasteiger partial charge on any atom is 0.390 e. The number of rotatable bonds is 7. The molecule has 1 aliphatic rings. The highest BCUT2D eigenvalue weighted by Gasteiger charge is 2.33. The van der Waals surface area contributed by atoms with Gasteiger partial charge in [-0.15, -0.1) is 0 Å². The van der Waals surface area contributed by atoms with E-state index >= 15 is 0 Å². The van der Waals surface area contributed by atoms with E-state index in [-0.39, 0.29) is 23.8 Å². The number of hydrogen-bond donors (Lipinski definition) is 3. The molecular formula is C25H29F3N4O3. The predicted molar refractivity (Wildman–Crippen MR) is 128 cm³/mol. The zero-order valence-electron chi connectivity index (χ0n) is 19.7. The average Bonchev–Trinajstić information content (AvgIpc) is 3.30. The van der Waals surface area contributed by atoms with Crippen molar-refractivity contribution < 1.29 is 27.8 Å². The fourth-order valence-corrected chi connectivity index (χ4v) is 4.84. The number of carboxylic acids is 1. The van der Waals surface area contributed by atoms with Crippen LogP contribution >= 0.6 is 0 Å². The van der Waals surface area contributed by atoms with Gasteiger partial charge in [-0.05, 0) is 42.3 Å². The number of aryl methyl sites for hydroxylation is 1. The number of nitrogens with zero attached hydrogens (tertiary/aromatic N) is 2. The Morgan fingerprint density at radius 2 is 2.03 bits per heavy atom. The molecule has 4 N–H and O–H groups in total. The van der Waals surface area contributed by atoms with E-state index in [0.29, 0.717) is 26.2 Å². The van der Waals surface area contributed by atoms with Crippen molar-refractivity contribution in [1.82, 2.24) is 14.8 Å². The monoisotopic (exact) mass is 490 g/mol. The van der Waals surface area contributed by atoms with Crippen molar-refractivity contribution in [3.05, 3.63) is 58.8 Å². The number of nitrogens with two attached hydrogens (primary N) is 1.